The fraction of sp³-hybridized carbons (Fsp3) is 0.520. The molecule has 2 heterocycles. The molecule has 29 heavy (non-hydrogen) atoms. The Hall–Kier alpha value is -1.55. The molecule has 0 radical (unpaired) electrons. The van der Waals surface area contributed by atoms with Crippen molar-refractivity contribution in [2.75, 3.05) is 31.1 Å². The van der Waals surface area contributed by atoms with Crippen LogP contribution in [0, 0.1) is 13.8 Å². The molecule has 2 aliphatic heterocycles. The minimum absolute atomic E-state index is 0.503. The highest BCUT2D eigenvalue weighted by Crippen LogP contribution is 2.44. The molecule has 3 nitrogen and oxygen atoms in total. The van der Waals surface area contributed by atoms with Crippen LogP contribution in [-0.2, 0) is 6.54 Å². The van der Waals surface area contributed by atoms with E-state index in [9.17, 15) is 5.11 Å². The minimum Gasteiger partial charge on any atom is -0.388 e. The average molecular weight is 411 g/mol. The molecule has 0 unspecified atom stereocenters. The van der Waals surface area contributed by atoms with E-state index < -0.39 is 5.60 Å². The van der Waals surface area contributed by atoms with Crippen LogP contribution in [0.2, 0.25) is 5.02 Å². The molecular weight excluding hydrogens is 380 g/mol. The van der Waals surface area contributed by atoms with Crippen molar-refractivity contribution in [2.45, 2.75) is 57.6 Å². The SMILES string of the molecule is Cc1cc(C2CN(c3ccc(C4CC4)c(Cl)c3)C2)cc(C)c1CN1CC(C)(O)C1. The molecule has 154 valence electrons. The zero-order chi connectivity index (χ0) is 20.3. The molecule has 1 N–H and O–H groups in total. The van der Waals surface area contributed by atoms with E-state index in [4.69, 9.17) is 11.6 Å². The highest BCUT2D eigenvalue weighted by Gasteiger charge is 2.36. The summed E-state index contributed by atoms with van der Waals surface area (Å²) >= 11 is 6.53. The van der Waals surface area contributed by atoms with Gasteiger partial charge in [-0.05, 0) is 79.5 Å². The van der Waals surface area contributed by atoms with Gasteiger partial charge in [-0.15, -0.1) is 0 Å². The molecular formula is C25H31ClN2O. The zero-order valence-electron chi connectivity index (χ0n) is 17.7. The Kier molecular flexibility index (Phi) is 4.69. The second-order valence-electron chi connectivity index (χ2n) is 9.86. The summed E-state index contributed by atoms with van der Waals surface area (Å²) in [4.78, 5) is 4.77. The Morgan fingerprint density at radius 1 is 1.03 bits per heavy atom. The van der Waals surface area contributed by atoms with Crippen molar-refractivity contribution in [3.8, 4) is 0 Å². The van der Waals surface area contributed by atoms with E-state index in [2.05, 4.69) is 54.0 Å². The number of benzene rings is 2. The highest BCUT2D eigenvalue weighted by atomic mass is 35.5. The number of nitrogens with zero attached hydrogens (tertiary/aromatic N) is 2. The number of β-amino-alcohol motifs (C(OH)–C–C–N with tert-alkyl or cyclic N) is 1. The molecule has 0 aromatic heterocycles. The van der Waals surface area contributed by atoms with Gasteiger partial charge in [-0.25, -0.2) is 0 Å². The molecule has 0 spiro atoms. The third-order valence-electron chi connectivity index (χ3n) is 6.95. The molecule has 3 aliphatic rings. The first-order chi connectivity index (χ1) is 13.8. The maximum absolute atomic E-state index is 9.98. The van der Waals surface area contributed by atoms with Gasteiger partial charge in [-0.1, -0.05) is 29.8 Å². The van der Waals surface area contributed by atoms with E-state index in [0.29, 0.717) is 11.8 Å². The van der Waals surface area contributed by atoms with Crippen molar-refractivity contribution >= 4 is 17.3 Å². The van der Waals surface area contributed by atoms with Crippen LogP contribution in [0.15, 0.2) is 30.3 Å². The fourth-order valence-corrected chi connectivity index (χ4v) is 5.43. The number of anilines is 1. The summed E-state index contributed by atoms with van der Waals surface area (Å²) in [6, 6.07) is 11.4. The second-order valence-corrected chi connectivity index (χ2v) is 10.3. The first-order valence-electron chi connectivity index (χ1n) is 10.9. The van der Waals surface area contributed by atoms with Crippen LogP contribution >= 0.6 is 11.6 Å². The van der Waals surface area contributed by atoms with Gasteiger partial charge in [0.25, 0.3) is 0 Å². The number of hydrogen-bond acceptors (Lipinski definition) is 3. The zero-order valence-corrected chi connectivity index (χ0v) is 18.5. The van der Waals surface area contributed by atoms with Gasteiger partial charge in [0.1, 0.15) is 0 Å². The number of hydrogen-bond donors (Lipinski definition) is 1. The Bertz CT molecular complexity index is 913. The summed E-state index contributed by atoms with van der Waals surface area (Å²) in [5, 5.41) is 10.9. The molecule has 2 aromatic carbocycles. The number of likely N-dealkylation sites (tertiary alicyclic amines) is 1. The second kappa shape index (κ2) is 7.01. The summed E-state index contributed by atoms with van der Waals surface area (Å²) in [6.07, 6.45) is 2.58. The minimum atomic E-state index is -0.503. The average Bonchev–Trinajstić information content (AvgIpc) is 3.40. The lowest BCUT2D eigenvalue weighted by atomic mass is 9.86. The van der Waals surface area contributed by atoms with Crippen LogP contribution in [0.5, 0.6) is 0 Å². The van der Waals surface area contributed by atoms with E-state index in [1.54, 1.807) is 0 Å². The molecule has 0 amide bonds. The normalized spacial score (nSPS) is 21.8. The largest absolute Gasteiger partial charge is 0.388 e. The smallest absolute Gasteiger partial charge is 0.0872 e. The van der Waals surface area contributed by atoms with Gasteiger partial charge >= 0.3 is 0 Å². The highest BCUT2D eigenvalue weighted by molar-refractivity contribution is 6.31. The molecule has 1 aliphatic carbocycles. The monoisotopic (exact) mass is 410 g/mol. The lowest BCUT2D eigenvalue weighted by molar-refractivity contribution is -0.0872. The number of halogens is 1. The van der Waals surface area contributed by atoms with Crippen LogP contribution in [-0.4, -0.2) is 41.8 Å². The van der Waals surface area contributed by atoms with Gasteiger partial charge in [-0.3, -0.25) is 4.90 Å². The molecule has 3 fully saturated rings. The van der Waals surface area contributed by atoms with Crippen molar-refractivity contribution in [2.24, 2.45) is 0 Å². The van der Waals surface area contributed by atoms with Crippen LogP contribution in [0.4, 0.5) is 5.69 Å². The first kappa shape index (κ1) is 19.4. The molecule has 2 aromatic rings. The van der Waals surface area contributed by atoms with Crippen molar-refractivity contribution in [1.29, 1.82) is 0 Å². The van der Waals surface area contributed by atoms with Crippen molar-refractivity contribution in [1.82, 2.24) is 4.90 Å². The number of rotatable bonds is 5. The summed E-state index contributed by atoms with van der Waals surface area (Å²) in [5.74, 6) is 1.29. The van der Waals surface area contributed by atoms with Gasteiger partial charge in [0, 0.05) is 49.4 Å². The van der Waals surface area contributed by atoms with Crippen LogP contribution in [0.25, 0.3) is 0 Å². The molecule has 4 heteroatoms. The topological polar surface area (TPSA) is 26.7 Å². The fourth-order valence-electron chi connectivity index (χ4n) is 5.10. The Labute approximate surface area is 179 Å². The van der Waals surface area contributed by atoms with Crippen LogP contribution in [0.3, 0.4) is 0 Å². The maximum Gasteiger partial charge on any atom is 0.0872 e. The summed E-state index contributed by atoms with van der Waals surface area (Å²) in [5.41, 5.74) is 7.71. The van der Waals surface area contributed by atoms with Crippen molar-refractivity contribution < 1.29 is 5.11 Å². The van der Waals surface area contributed by atoms with Gasteiger partial charge in [0.15, 0.2) is 0 Å². The lowest BCUT2D eigenvalue weighted by Gasteiger charge is -2.45. The van der Waals surface area contributed by atoms with Gasteiger partial charge in [0.05, 0.1) is 5.60 Å². The summed E-state index contributed by atoms with van der Waals surface area (Å²) < 4.78 is 0. The molecule has 0 atom stereocenters. The summed E-state index contributed by atoms with van der Waals surface area (Å²) in [7, 11) is 0. The van der Waals surface area contributed by atoms with Gasteiger partial charge in [0.2, 0.25) is 0 Å². The number of aliphatic hydroxyl groups is 1. The maximum atomic E-state index is 9.98. The molecule has 0 bridgehead atoms. The van der Waals surface area contributed by atoms with Crippen LogP contribution < -0.4 is 4.90 Å². The Morgan fingerprint density at radius 3 is 2.24 bits per heavy atom. The molecule has 2 saturated heterocycles. The van der Waals surface area contributed by atoms with E-state index in [1.165, 1.54) is 46.3 Å². The molecule has 5 rings (SSSR count). The van der Waals surface area contributed by atoms with Crippen molar-refractivity contribution in [3.63, 3.8) is 0 Å². The van der Waals surface area contributed by atoms with E-state index in [-0.39, 0.29) is 0 Å². The van der Waals surface area contributed by atoms with Crippen molar-refractivity contribution in [3.05, 3.63) is 63.2 Å². The Morgan fingerprint density at radius 2 is 1.69 bits per heavy atom. The quantitative estimate of drug-likeness (QED) is 0.750. The van der Waals surface area contributed by atoms with E-state index in [0.717, 1.165) is 37.7 Å². The standard InChI is InChI=1S/C25H31ClN2O/c1-16-8-19(9-17(2)23(16)13-27-14-25(3,29)15-27)20-11-28(12-20)21-6-7-22(18-4-5-18)24(26)10-21/h6-10,18,20,29H,4-5,11-15H2,1-3H3. The summed E-state index contributed by atoms with van der Waals surface area (Å²) in [6.45, 7) is 11.0. The lowest BCUT2D eigenvalue weighted by Crippen LogP contribution is -2.59. The number of aryl methyl sites for hydroxylation is 2. The van der Waals surface area contributed by atoms with E-state index >= 15 is 0 Å². The van der Waals surface area contributed by atoms with Gasteiger partial charge < -0.3 is 10.0 Å². The van der Waals surface area contributed by atoms with E-state index in [1.807, 2.05) is 6.92 Å². The first-order valence-corrected chi connectivity index (χ1v) is 11.3. The predicted octanol–water partition coefficient (Wildman–Crippen LogP) is 5.00. The predicted molar refractivity (Wildman–Crippen MR) is 120 cm³/mol. The molecule has 1 saturated carbocycles. The van der Waals surface area contributed by atoms with Gasteiger partial charge in [-0.2, -0.15) is 0 Å². The Balaban J connectivity index is 1.24. The third kappa shape index (κ3) is 3.81. The van der Waals surface area contributed by atoms with Crippen LogP contribution in [0.1, 0.15) is 59.4 Å². The third-order valence-corrected chi connectivity index (χ3v) is 7.28.